The second-order valence-corrected chi connectivity index (χ2v) is 5.61. The van der Waals surface area contributed by atoms with Crippen molar-refractivity contribution in [2.24, 2.45) is 0 Å². The number of amides is 1. The molecule has 1 saturated heterocycles. The van der Waals surface area contributed by atoms with Gasteiger partial charge in [0, 0.05) is 18.0 Å². The fourth-order valence-electron chi connectivity index (χ4n) is 2.04. The van der Waals surface area contributed by atoms with Crippen LogP contribution in [0.5, 0.6) is 0 Å². The summed E-state index contributed by atoms with van der Waals surface area (Å²) in [6.07, 6.45) is 1.28. The smallest absolute Gasteiger partial charge is 0.233 e. The van der Waals surface area contributed by atoms with E-state index < -0.39 is 0 Å². The maximum Gasteiger partial charge on any atom is 0.233 e. The molecule has 1 aliphatic rings. The number of hydrogen-bond acceptors (Lipinski definition) is 4. The molecule has 19 heavy (non-hydrogen) atoms. The molecule has 0 spiro atoms. The molecule has 1 fully saturated rings. The fourth-order valence-corrected chi connectivity index (χ4v) is 2.84. The van der Waals surface area contributed by atoms with Gasteiger partial charge in [0.1, 0.15) is 0 Å². The quantitative estimate of drug-likeness (QED) is 0.852. The summed E-state index contributed by atoms with van der Waals surface area (Å²) in [6.45, 7) is 1.19. The van der Waals surface area contributed by atoms with Crippen LogP contribution in [0.2, 0.25) is 0 Å². The molecule has 1 aromatic rings. The van der Waals surface area contributed by atoms with Crippen LogP contribution in [0.4, 0.5) is 0 Å². The van der Waals surface area contributed by atoms with Gasteiger partial charge in [-0.1, -0.05) is 0 Å². The van der Waals surface area contributed by atoms with E-state index >= 15 is 0 Å². The highest BCUT2D eigenvalue weighted by atomic mass is 32.2. The van der Waals surface area contributed by atoms with E-state index in [1.54, 1.807) is 17.0 Å². The van der Waals surface area contributed by atoms with Gasteiger partial charge in [0.05, 0.1) is 23.5 Å². The molecule has 1 aromatic carbocycles. The van der Waals surface area contributed by atoms with Crippen LogP contribution in [0.3, 0.4) is 0 Å². The number of likely N-dealkylation sites (tertiary alicyclic amines) is 1. The van der Waals surface area contributed by atoms with E-state index in [1.165, 1.54) is 11.8 Å². The number of carbonyl (C=O) groups is 1. The molecule has 100 valence electrons. The Morgan fingerprint density at radius 2 is 2.21 bits per heavy atom. The van der Waals surface area contributed by atoms with E-state index in [4.69, 9.17) is 5.26 Å². The highest BCUT2D eigenvalue weighted by Crippen LogP contribution is 2.20. The third kappa shape index (κ3) is 3.98. The monoisotopic (exact) mass is 276 g/mol. The number of nitriles is 1. The summed E-state index contributed by atoms with van der Waals surface area (Å²) in [7, 11) is 0. The van der Waals surface area contributed by atoms with Crippen molar-refractivity contribution in [1.29, 1.82) is 5.26 Å². The fraction of sp³-hybridized carbons (Fsp3) is 0.429. The lowest BCUT2D eigenvalue weighted by Crippen LogP contribution is -2.42. The van der Waals surface area contributed by atoms with Crippen LogP contribution in [-0.2, 0) is 4.79 Å². The Balaban J connectivity index is 1.84. The molecule has 0 aliphatic carbocycles. The largest absolute Gasteiger partial charge is 0.391 e. The predicted octanol–water partition coefficient (Wildman–Crippen LogP) is 1.63. The molecule has 0 saturated carbocycles. The molecule has 5 heteroatoms. The molecule has 0 bridgehead atoms. The van der Waals surface area contributed by atoms with Crippen LogP contribution in [0.1, 0.15) is 18.4 Å². The molecule has 1 unspecified atom stereocenters. The Bertz CT molecular complexity index is 481. The van der Waals surface area contributed by atoms with Crippen molar-refractivity contribution in [3.8, 4) is 6.07 Å². The van der Waals surface area contributed by atoms with Crippen molar-refractivity contribution >= 4 is 17.7 Å². The minimum Gasteiger partial charge on any atom is -0.391 e. The van der Waals surface area contributed by atoms with Crippen LogP contribution < -0.4 is 0 Å². The Morgan fingerprint density at radius 1 is 1.47 bits per heavy atom. The first-order valence-corrected chi connectivity index (χ1v) is 7.26. The topological polar surface area (TPSA) is 64.3 Å². The van der Waals surface area contributed by atoms with Gasteiger partial charge in [0.25, 0.3) is 0 Å². The van der Waals surface area contributed by atoms with Gasteiger partial charge in [-0.3, -0.25) is 4.79 Å². The normalized spacial score (nSPS) is 18.9. The summed E-state index contributed by atoms with van der Waals surface area (Å²) < 4.78 is 0. The maximum atomic E-state index is 12.0. The Labute approximate surface area is 117 Å². The SMILES string of the molecule is N#Cc1ccc(SCC(=O)N2CCCC(O)C2)cc1. The molecule has 1 aliphatic heterocycles. The number of piperidine rings is 1. The molecule has 1 amide bonds. The molecule has 0 radical (unpaired) electrons. The number of rotatable bonds is 3. The number of β-amino-alcohol motifs (C(OH)–C–C–N with tert-alkyl or cyclic N) is 1. The zero-order valence-electron chi connectivity index (χ0n) is 10.6. The summed E-state index contributed by atoms with van der Waals surface area (Å²) in [4.78, 5) is 14.7. The molecular weight excluding hydrogens is 260 g/mol. The highest BCUT2D eigenvalue weighted by Gasteiger charge is 2.21. The van der Waals surface area contributed by atoms with Gasteiger partial charge < -0.3 is 10.0 Å². The molecule has 4 nitrogen and oxygen atoms in total. The van der Waals surface area contributed by atoms with Crippen molar-refractivity contribution < 1.29 is 9.90 Å². The summed E-state index contributed by atoms with van der Waals surface area (Å²) in [6, 6.07) is 9.26. The Kier molecular flexibility index (Phi) is 4.83. The Morgan fingerprint density at radius 3 is 2.84 bits per heavy atom. The van der Waals surface area contributed by atoms with Crippen molar-refractivity contribution in [2.75, 3.05) is 18.8 Å². The van der Waals surface area contributed by atoms with Gasteiger partial charge in [-0.2, -0.15) is 5.26 Å². The van der Waals surface area contributed by atoms with Gasteiger partial charge in [-0.15, -0.1) is 11.8 Å². The van der Waals surface area contributed by atoms with Crippen LogP contribution in [0.25, 0.3) is 0 Å². The molecule has 1 atom stereocenters. The minimum absolute atomic E-state index is 0.0631. The van der Waals surface area contributed by atoms with Crippen LogP contribution in [-0.4, -0.2) is 40.9 Å². The number of benzene rings is 1. The molecule has 2 rings (SSSR count). The number of aliphatic hydroxyl groups excluding tert-OH is 1. The lowest BCUT2D eigenvalue weighted by molar-refractivity contribution is -0.131. The molecular formula is C14H16N2O2S. The second-order valence-electron chi connectivity index (χ2n) is 4.56. The number of hydrogen-bond donors (Lipinski definition) is 1. The van der Waals surface area contributed by atoms with Crippen LogP contribution in [0, 0.1) is 11.3 Å². The van der Waals surface area contributed by atoms with E-state index in [0.29, 0.717) is 17.9 Å². The third-order valence-electron chi connectivity index (χ3n) is 3.09. The van der Waals surface area contributed by atoms with Crippen LogP contribution in [0.15, 0.2) is 29.2 Å². The van der Waals surface area contributed by atoms with Gasteiger partial charge >= 0.3 is 0 Å². The van der Waals surface area contributed by atoms with E-state index in [2.05, 4.69) is 6.07 Å². The summed E-state index contributed by atoms with van der Waals surface area (Å²) >= 11 is 1.46. The maximum absolute atomic E-state index is 12.0. The molecule has 1 heterocycles. The highest BCUT2D eigenvalue weighted by molar-refractivity contribution is 8.00. The number of aliphatic hydroxyl groups is 1. The van der Waals surface area contributed by atoms with Gasteiger partial charge in [-0.25, -0.2) is 0 Å². The van der Waals surface area contributed by atoms with E-state index in [1.807, 2.05) is 12.1 Å². The van der Waals surface area contributed by atoms with Crippen molar-refractivity contribution in [2.45, 2.75) is 23.8 Å². The van der Waals surface area contributed by atoms with Gasteiger partial charge in [0.15, 0.2) is 0 Å². The second kappa shape index (κ2) is 6.60. The molecule has 1 N–H and O–H groups in total. The van der Waals surface area contributed by atoms with E-state index in [0.717, 1.165) is 24.3 Å². The summed E-state index contributed by atoms with van der Waals surface area (Å²) in [5.74, 6) is 0.437. The van der Waals surface area contributed by atoms with E-state index in [-0.39, 0.29) is 12.0 Å². The summed E-state index contributed by atoms with van der Waals surface area (Å²) in [5.41, 5.74) is 0.620. The first-order valence-electron chi connectivity index (χ1n) is 6.28. The number of carbonyl (C=O) groups excluding carboxylic acids is 1. The lowest BCUT2D eigenvalue weighted by atomic mass is 10.1. The average molecular weight is 276 g/mol. The van der Waals surface area contributed by atoms with Gasteiger partial charge in [-0.05, 0) is 37.1 Å². The minimum atomic E-state index is -0.377. The van der Waals surface area contributed by atoms with Gasteiger partial charge in [0.2, 0.25) is 5.91 Å². The third-order valence-corrected chi connectivity index (χ3v) is 4.09. The average Bonchev–Trinajstić information content (AvgIpc) is 2.45. The van der Waals surface area contributed by atoms with E-state index in [9.17, 15) is 9.90 Å². The first-order chi connectivity index (χ1) is 9.19. The zero-order valence-corrected chi connectivity index (χ0v) is 11.4. The summed E-state index contributed by atoms with van der Waals surface area (Å²) in [5, 5.41) is 18.2. The van der Waals surface area contributed by atoms with Crippen LogP contribution >= 0.6 is 11.8 Å². The Hall–Kier alpha value is -1.51. The first kappa shape index (κ1) is 13.9. The standard InChI is InChI=1S/C14H16N2O2S/c15-8-11-3-5-13(6-4-11)19-10-14(18)16-7-1-2-12(17)9-16/h3-6,12,17H,1-2,7,9-10H2. The van der Waals surface area contributed by atoms with Crippen molar-refractivity contribution in [3.63, 3.8) is 0 Å². The zero-order chi connectivity index (χ0) is 13.7. The predicted molar refractivity (Wildman–Crippen MR) is 73.7 cm³/mol. The lowest BCUT2D eigenvalue weighted by Gasteiger charge is -2.30. The van der Waals surface area contributed by atoms with Crippen molar-refractivity contribution in [1.82, 2.24) is 4.90 Å². The van der Waals surface area contributed by atoms with Crippen molar-refractivity contribution in [3.05, 3.63) is 29.8 Å². The number of thioether (sulfide) groups is 1. The molecule has 0 aromatic heterocycles. The number of nitrogens with zero attached hydrogens (tertiary/aromatic N) is 2.